The second-order valence-electron chi connectivity index (χ2n) is 3.36. The summed E-state index contributed by atoms with van der Waals surface area (Å²) in [6.45, 7) is 1.58. The molecule has 0 amide bonds. The van der Waals surface area contributed by atoms with Gasteiger partial charge in [-0.05, 0) is 31.0 Å². The van der Waals surface area contributed by atoms with Gasteiger partial charge in [-0.2, -0.15) is 0 Å². The molecule has 4 heteroatoms. The highest BCUT2D eigenvalue weighted by Gasteiger charge is 1.99. The predicted molar refractivity (Wildman–Crippen MR) is 60.4 cm³/mol. The number of nitrogen functional groups attached to an aromatic ring is 1. The number of unbranched alkanes of at least 4 members (excludes halogenated alkanes) is 1. The molecule has 0 heterocycles. The van der Waals surface area contributed by atoms with E-state index in [1.165, 1.54) is 12.1 Å². The van der Waals surface area contributed by atoms with Crippen LogP contribution in [0.1, 0.15) is 12.8 Å². The van der Waals surface area contributed by atoms with E-state index in [4.69, 9.17) is 10.5 Å². The molecule has 0 aliphatic rings. The number of halogens is 1. The monoisotopic (exact) mass is 212 g/mol. The molecule has 0 radical (unpaired) electrons. The maximum absolute atomic E-state index is 12.7. The van der Waals surface area contributed by atoms with Crippen LogP contribution in [0.2, 0.25) is 0 Å². The number of rotatable bonds is 6. The van der Waals surface area contributed by atoms with E-state index in [0.717, 1.165) is 31.7 Å². The van der Waals surface area contributed by atoms with Crippen molar-refractivity contribution in [3.8, 4) is 0 Å². The van der Waals surface area contributed by atoms with E-state index in [1.54, 1.807) is 13.2 Å². The van der Waals surface area contributed by atoms with E-state index >= 15 is 0 Å². The molecule has 3 N–H and O–H groups in total. The summed E-state index contributed by atoms with van der Waals surface area (Å²) in [5.74, 6) is -0.308. The first-order valence-electron chi connectivity index (χ1n) is 5.02. The lowest BCUT2D eigenvalue weighted by atomic mass is 10.2. The fourth-order valence-electron chi connectivity index (χ4n) is 1.29. The summed E-state index contributed by atoms with van der Waals surface area (Å²) >= 11 is 0. The number of hydrogen-bond donors (Lipinski definition) is 2. The number of benzene rings is 1. The molecule has 15 heavy (non-hydrogen) atoms. The van der Waals surface area contributed by atoms with Gasteiger partial charge in [0, 0.05) is 20.3 Å². The summed E-state index contributed by atoms with van der Waals surface area (Å²) in [6, 6.07) is 4.37. The second-order valence-corrected chi connectivity index (χ2v) is 3.36. The van der Waals surface area contributed by atoms with Crippen molar-refractivity contribution in [2.45, 2.75) is 12.8 Å². The highest BCUT2D eigenvalue weighted by Crippen LogP contribution is 2.18. The van der Waals surface area contributed by atoms with Crippen LogP contribution in [0, 0.1) is 5.82 Å². The summed E-state index contributed by atoms with van der Waals surface area (Å²) < 4.78 is 17.6. The van der Waals surface area contributed by atoms with Crippen LogP contribution in [0.4, 0.5) is 15.8 Å². The summed E-state index contributed by atoms with van der Waals surface area (Å²) in [5.41, 5.74) is 6.87. The van der Waals surface area contributed by atoms with Crippen molar-refractivity contribution in [3.05, 3.63) is 24.0 Å². The average Bonchev–Trinajstić information content (AvgIpc) is 2.20. The number of hydrogen-bond acceptors (Lipinski definition) is 3. The molecular formula is C11H17FN2O. The van der Waals surface area contributed by atoms with E-state index in [0.29, 0.717) is 5.69 Å². The largest absolute Gasteiger partial charge is 0.397 e. The Morgan fingerprint density at radius 1 is 1.40 bits per heavy atom. The molecule has 1 aromatic rings. The molecule has 0 aromatic heterocycles. The van der Waals surface area contributed by atoms with Crippen LogP contribution in [0.25, 0.3) is 0 Å². The molecule has 3 nitrogen and oxygen atoms in total. The Hall–Kier alpha value is -1.29. The van der Waals surface area contributed by atoms with Crippen LogP contribution in [-0.2, 0) is 4.74 Å². The minimum atomic E-state index is -0.308. The Bertz CT molecular complexity index is 305. The third kappa shape index (κ3) is 4.16. The summed E-state index contributed by atoms with van der Waals surface area (Å²) in [7, 11) is 1.69. The molecule has 0 atom stereocenters. The molecule has 0 saturated heterocycles. The normalized spacial score (nSPS) is 10.3. The van der Waals surface area contributed by atoms with Crippen molar-refractivity contribution in [1.82, 2.24) is 0 Å². The van der Waals surface area contributed by atoms with Gasteiger partial charge < -0.3 is 15.8 Å². The van der Waals surface area contributed by atoms with Gasteiger partial charge in [-0.3, -0.25) is 0 Å². The van der Waals surface area contributed by atoms with Gasteiger partial charge in [0.15, 0.2) is 0 Å². The second kappa shape index (κ2) is 6.24. The summed E-state index contributed by atoms with van der Waals surface area (Å²) in [6.07, 6.45) is 2.01. The van der Waals surface area contributed by atoms with E-state index in [9.17, 15) is 4.39 Å². The van der Waals surface area contributed by atoms with E-state index in [-0.39, 0.29) is 5.82 Å². The van der Waals surface area contributed by atoms with E-state index in [2.05, 4.69) is 5.32 Å². The molecular weight excluding hydrogens is 195 g/mol. The van der Waals surface area contributed by atoms with Crippen LogP contribution >= 0.6 is 0 Å². The highest BCUT2D eigenvalue weighted by atomic mass is 19.1. The van der Waals surface area contributed by atoms with Gasteiger partial charge in [0.2, 0.25) is 0 Å². The molecule has 0 unspecified atom stereocenters. The zero-order chi connectivity index (χ0) is 11.1. The third-order valence-electron chi connectivity index (χ3n) is 2.10. The zero-order valence-corrected chi connectivity index (χ0v) is 8.92. The third-order valence-corrected chi connectivity index (χ3v) is 2.10. The maximum atomic E-state index is 12.7. The Morgan fingerprint density at radius 3 is 2.87 bits per heavy atom. The van der Waals surface area contributed by atoms with Crippen molar-refractivity contribution >= 4 is 11.4 Å². The van der Waals surface area contributed by atoms with E-state index < -0.39 is 0 Å². The maximum Gasteiger partial charge on any atom is 0.125 e. The lowest BCUT2D eigenvalue weighted by molar-refractivity contribution is 0.194. The average molecular weight is 212 g/mol. The lowest BCUT2D eigenvalue weighted by Gasteiger charge is -2.08. The molecule has 0 bridgehead atoms. The lowest BCUT2D eigenvalue weighted by Crippen LogP contribution is -2.05. The first-order valence-corrected chi connectivity index (χ1v) is 5.02. The van der Waals surface area contributed by atoms with Crippen LogP contribution in [-0.4, -0.2) is 20.3 Å². The Morgan fingerprint density at radius 2 is 2.20 bits per heavy atom. The predicted octanol–water partition coefficient (Wildman–Crippen LogP) is 2.25. The van der Waals surface area contributed by atoms with Crippen molar-refractivity contribution < 1.29 is 9.13 Å². The van der Waals surface area contributed by atoms with Gasteiger partial charge in [0.25, 0.3) is 0 Å². The SMILES string of the molecule is COCCCCNc1ccc(F)cc1N. The van der Waals surface area contributed by atoms with Crippen LogP contribution in [0.15, 0.2) is 18.2 Å². The van der Waals surface area contributed by atoms with E-state index in [1.807, 2.05) is 0 Å². The Kier molecular flexibility index (Phi) is 4.90. The molecule has 0 saturated carbocycles. The standard InChI is InChI=1S/C11H17FN2O/c1-15-7-3-2-6-14-11-5-4-9(12)8-10(11)13/h4-5,8,14H,2-3,6-7,13H2,1H3. The first kappa shape index (κ1) is 11.8. The number of nitrogens with one attached hydrogen (secondary N) is 1. The Balaban J connectivity index is 2.31. The quantitative estimate of drug-likeness (QED) is 0.561. The fraction of sp³-hybridized carbons (Fsp3) is 0.455. The van der Waals surface area contributed by atoms with Gasteiger partial charge in [-0.25, -0.2) is 4.39 Å². The molecule has 84 valence electrons. The van der Waals surface area contributed by atoms with Crippen LogP contribution < -0.4 is 11.1 Å². The highest BCUT2D eigenvalue weighted by molar-refractivity contribution is 5.65. The molecule has 0 aliphatic heterocycles. The number of ether oxygens (including phenoxy) is 1. The van der Waals surface area contributed by atoms with Gasteiger partial charge in [0.05, 0.1) is 11.4 Å². The summed E-state index contributed by atoms with van der Waals surface area (Å²) in [4.78, 5) is 0. The minimum absolute atomic E-state index is 0.308. The Labute approximate surface area is 89.4 Å². The molecule has 0 spiro atoms. The van der Waals surface area contributed by atoms with Crippen molar-refractivity contribution in [1.29, 1.82) is 0 Å². The topological polar surface area (TPSA) is 47.3 Å². The zero-order valence-electron chi connectivity index (χ0n) is 8.92. The summed E-state index contributed by atoms with van der Waals surface area (Å²) in [5, 5.41) is 3.15. The smallest absolute Gasteiger partial charge is 0.125 e. The van der Waals surface area contributed by atoms with Crippen LogP contribution in [0.5, 0.6) is 0 Å². The first-order chi connectivity index (χ1) is 7.24. The van der Waals surface area contributed by atoms with Crippen molar-refractivity contribution in [2.24, 2.45) is 0 Å². The van der Waals surface area contributed by atoms with Gasteiger partial charge >= 0.3 is 0 Å². The fourth-order valence-corrected chi connectivity index (χ4v) is 1.29. The number of nitrogens with two attached hydrogens (primary N) is 1. The molecule has 0 fully saturated rings. The van der Waals surface area contributed by atoms with Crippen molar-refractivity contribution in [2.75, 3.05) is 31.3 Å². The van der Waals surface area contributed by atoms with Gasteiger partial charge in [-0.15, -0.1) is 0 Å². The van der Waals surface area contributed by atoms with Gasteiger partial charge in [-0.1, -0.05) is 0 Å². The number of methoxy groups -OCH3 is 1. The molecule has 1 aromatic carbocycles. The minimum Gasteiger partial charge on any atom is -0.397 e. The number of anilines is 2. The molecule has 1 rings (SSSR count). The van der Waals surface area contributed by atoms with Crippen LogP contribution in [0.3, 0.4) is 0 Å². The van der Waals surface area contributed by atoms with Gasteiger partial charge in [0.1, 0.15) is 5.82 Å². The molecule has 0 aliphatic carbocycles. The van der Waals surface area contributed by atoms with Crippen molar-refractivity contribution in [3.63, 3.8) is 0 Å².